The van der Waals surface area contributed by atoms with E-state index in [0.29, 0.717) is 22.6 Å². The van der Waals surface area contributed by atoms with Crippen molar-refractivity contribution < 1.29 is 19.1 Å². The highest BCUT2D eigenvalue weighted by molar-refractivity contribution is 8.00. The molecule has 1 amide bonds. The molecule has 0 fully saturated rings. The van der Waals surface area contributed by atoms with Crippen LogP contribution in [0, 0.1) is 13.8 Å². The molecule has 2 aromatic rings. The number of carbonyl (C=O) groups excluding carboxylic acids is 3. The number of esters is 1. The van der Waals surface area contributed by atoms with E-state index in [4.69, 9.17) is 4.74 Å². The van der Waals surface area contributed by atoms with E-state index in [2.05, 4.69) is 11.9 Å². The summed E-state index contributed by atoms with van der Waals surface area (Å²) in [6.07, 6.45) is 1.77. The number of rotatable bonds is 10. The van der Waals surface area contributed by atoms with E-state index >= 15 is 0 Å². The van der Waals surface area contributed by atoms with Gasteiger partial charge in [-0.1, -0.05) is 18.2 Å². The first-order valence-electron chi connectivity index (χ1n) is 9.73. The third-order valence-corrected chi connectivity index (χ3v) is 5.51. The van der Waals surface area contributed by atoms with Gasteiger partial charge in [0.05, 0.1) is 11.3 Å². The number of aryl methyl sites for hydroxylation is 1. The van der Waals surface area contributed by atoms with Gasteiger partial charge >= 0.3 is 5.97 Å². The van der Waals surface area contributed by atoms with E-state index in [9.17, 15) is 14.4 Å². The molecule has 0 saturated carbocycles. The highest BCUT2D eigenvalue weighted by Gasteiger charge is 2.19. The SMILES string of the molecule is C=CCn1c(C)cc(C(=O)COC(=O)c2ccccc2SCC(=O)NC(C)C)c1C. The van der Waals surface area contributed by atoms with Gasteiger partial charge in [0.15, 0.2) is 6.61 Å². The van der Waals surface area contributed by atoms with Crippen LogP contribution in [0.4, 0.5) is 0 Å². The van der Waals surface area contributed by atoms with Crippen molar-refractivity contribution in [1.82, 2.24) is 9.88 Å². The summed E-state index contributed by atoms with van der Waals surface area (Å²) in [4.78, 5) is 37.7. The Morgan fingerprint density at radius 1 is 1.20 bits per heavy atom. The van der Waals surface area contributed by atoms with E-state index in [1.54, 1.807) is 36.4 Å². The number of nitrogens with one attached hydrogen (secondary N) is 1. The largest absolute Gasteiger partial charge is 0.454 e. The summed E-state index contributed by atoms with van der Waals surface area (Å²) in [5.74, 6) is -0.761. The number of hydrogen-bond donors (Lipinski definition) is 1. The average molecular weight is 429 g/mol. The van der Waals surface area contributed by atoms with Gasteiger partial charge in [-0.2, -0.15) is 0 Å². The topological polar surface area (TPSA) is 77.4 Å². The number of ketones is 1. The molecule has 1 aromatic heterocycles. The zero-order chi connectivity index (χ0) is 22.3. The van der Waals surface area contributed by atoms with Crippen LogP contribution in [-0.4, -0.2) is 40.6 Å². The zero-order valence-corrected chi connectivity index (χ0v) is 18.7. The maximum absolute atomic E-state index is 12.6. The monoisotopic (exact) mass is 428 g/mol. The number of carbonyl (C=O) groups is 3. The van der Waals surface area contributed by atoms with Crippen molar-refractivity contribution in [2.24, 2.45) is 0 Å². The number of thioether (sulfide) groups is 1. The summed E-state index contributed by atoms with van der Waals surface area (Å²) < 4.78 is 7.27. The fourth-order valence-electron chi connectivity index (χ4n) is 3.05. The Kier molecular flexibility index (Phi) is 8.47. The summed E-state index contributed by atoms with van der Waals surface area (Å²) in [6, 6.07) is 8.75. The molecular weight excluding hydrogens is 400 g/mol. The Bertz CT molecular complexity index is 947. The molecule has 1 heterocycles. The lowest BCUT2D eigenvalue weighted by molar-refractivity contribution is -0.119. The lowest BCUT2D eigenvalue weighted by Crippen LogP contribution is -2.31. The quantitative estimate of drug-likeness (QED) is 0.268. The molecule has 0 bridgehead atoms. The highest BCUT2D eigenvalue weighted by atomic mass is 32.2. The molecule has 0 unspecified atom stereocenters. The van der Waals surface area contributed by atoms with Crippen LogP contribution in [0.2, 0.25) is 0 Å². The highest BCUT2D eigenvalue weighted by Crippen LogP contribution is 2.23. The van der Waals surface area contributed by atoms with Gasteiger partial charge in [0.25, 0.3) is 0 Å². The molecule has 0 aliphatic rings. The smallest absolute Gasteiger partial charge is 0.339 e. The summed E-state index contributed by atoms with van der Waals surface area (Å²) in [5, 5.41) is 2.81. The predicted octanol–water partition coefficient (Wildman–Crippen LogP) is 3.95. The minimum atomic E-state index is -0.587. The minimum absolute atomic E-state index is 0.0535. The Morgan fingerprint density at radius 2 is 1.90 bits per heavy atom. The lowest BCUT2D eigenvalue weighted by Gasteiger charge is -2.11. The van der Waals surface area contributed by atoms with Gasteiger partial charge < -0.3 is 14.6 Å². The van der Waals surface area contributed by atoms with Gasteiger partial charge in [0.2, 0.25) is 11.7 Å². The Hall–Kier alpha value is -2.80. The standard InChI is InChI=1S/C23H28N2O4S/c1-6-11-25-16(4)12-19(17(25)5)20(26)13-29-23(28)18-9-7-8-10-21(18)30-14-22(27)24-15(2)3/h6-10,12,15H,1,11,13-14H2,2-5H3,(H,24,27). The van der Waals surface area contributed by atoms with Crippen molar-refractivity contribution in [3.63, 3.8) is 0 Å². The van der Waals surface area contributed by atoms with Crippen LogP contribution in [-0.2, 0) is 16.1 Å². The van der Waals surface area contributed by atoms with Gasteiger partial charge in [0, 0.05) is 34.4 Å². The average Bonchev–Trinajstić information content (AvgIpc) is 2.98. The second-order valence-electron chi connectivity index (χ2n) is 7.19. The van der Waals surface area contributed by atoms with E-state index in [1.165, 1.54) is 11.8 Å². The van der Waals surface area contributed by atoms with E-state index in [1.807, 2.05) is 32.3 Å². The zero-order valence-electron chi connectivity index (χ0n) is 17.9. The Balaban J connectivity index is 2.03. The predicted molar refractivity (Wildman–Crippen MR) is 119 cm³/mol. The van der Waals surface area contributed by atoms with Gasteiger partial charge in [0.1, 0.15) is 0 Å². The molecule has 1 N–H and O–H groups in total. The van der Waals surface area contributed by atoms with Crippen LogP contribution in [0.15, 0.2) is 47.9 Å². The number of benzene rings is 1. The van der Waals surface area contributed by atoms with E-state index in [-0.39, 0.29) is 30.1 Å². The van der Waals surface area contributed by atoms with Gasteiger partial charge in [-0.15, -0.1) is 18.3 Å². The number of hydrogen-bond acceptors (Lipinski definition) is 5. The first-order chi connectivity index (χ1) is 14.2. The Morgan fingerprint density at radius 3 is 2.57 bits per heavy atom. The summed E-state index contributed by atoms with van der Waals surface area (Å²) in [7, 11) is 0. The molecule has 0 atom stereocenters. The number of amides is 1. The van der Waals surface area contributed by atoms with Crippen molar-refractivity contribution in [2.45, 2.75) is 45.2 Å². The van der Waals surface area contributed by atoms with Crippen molar-refractivity contribution in [1.29, 1.82) is 0 Å². The molecule has 6 nitrogen and oxygen atoms in total. The first kappa shape index (κ1) is 23.5. The molecule has 2 rings (SSSR count). The van der Waals surface area contributed by atoms with Crippen LogP contribution in [0.3, 0.4) is 0 Å². The van der Waals surface area contributed by atoms with Gasteiger partial charge in [-0.25, -0.2) is 4.79 Å². The van der Waals surface area contributed by atoms with Crippen LogP contribution >= 0.6 is 11.8 Å². The number of allylic oxidation sites excluding steroid dienone is 1. The van der Waals surface area contributed by atoms with Crippen molar-refractivity contribution in [3.05, 3.63) is 65.5 Å². The first-order valence-corrected chi connectivity index (χ1v) is 10.7. The molecular formula is C23H28N2O4S. The minimum Gasteiger partial charge on any atom is -0.454 e. The van der Waals surface area contributed by atoms with Crippen LogP contribution in [0.5, 0.6) is 0 Å². The second kappa shape index (κ2) is 10.8. The number of ether oxygens (including phenoxy) is 1. The fraction of sp³-hybridized carbons (Fsp3) is 0.348. The fourth-order valence-corrected chi connectivity index (χ4v) is 3.90. The Labute approximate surface area is 181 Å². The van der Waals surface area contributed by atoms with Crippen molar-refractivity contribution in [2.75, 3.05) is 12.4 Å². The molecule has 0 aliphatic heterocycles. The number of aromatic nitrogens is 1. The van der Waals surface area contributed by atoms with Gasteiger partial charge in [-0.05, 0) is 45.9 Å². The molecule has 30 heavy (non-hydrogen) atoms. The van der Waals surface area contributed by atoms with Crippen LogP contribution in [0.25, 0.3) is 0 Å². The third kappa shape index (κ3) is 6.10. The van der Waals surface area contributed by atoms with Crippen molar-refractivity contribution in [3.8, 4) is 0 Å². The maximum atomic E-state index is 12.6. The molecule has 0 spiro atoms. The third-order valence-electron chi connectivity index (χ3n) is 4.44. The summed E-state index contributed by atoms with van der Waals surface area (Å²) in [6.45, 7) is 11.6. The summed E-state index contributed by atoms with van der Waals surface area (Å²) >= 11 is 1.26. The molecule has 1 aromatic carbocycles. The number of nitrogens with zero attached hydrogens (tertiary/aromatic N) is 1. The van der Waals surface area contributed by atoms with Gasteiger partial charge in [-0.3, -0.25) is 9.59 Å². The number of Topliss-reactive ketones (excluding diaryl/α,β-unsaturated/α-hetero) is 1. The molecule has 7 heteroatoms. The molecule has 0 radical (unpaired) electrons. The van der Waals surface area contributed by atoms with E-state index < -0.39 is 5.97 Å². The van der Waals surface area contributed by atoms with Crippen LogP contribution in [0.1, 0.15) is 46.0 Å². The second-order valence-corrected chi connectivity index (χ2v) is 8.21. The normalized spacial score (nSPS) is 10.7. The molecule has 0 saturated heterocycles. The van der Waals surface area contributed by atoms with Crippen LogP contribution < -0.4 is 5.32 Å². The lowest BCUT2D eigenvalue weighted by atomic mass is 10.1. The summed E-state index contributed by atoms with van der Waals surface area (Å²) in [5.41, 5.74) is 2.64. The van der Waals surface area contributed by atoms with E-state index in [0.717, 1.165) is 11.4 Å². The maximum Gasteiger partial charge on any atom is 0.339 e. The molecule has 0 aliphatic carbocycles. The van der Waals surface area contributed by atoms with Crippen molar-refractivity contribution >= 4 is 29.4 Å². The molecule has 160 valence electrons.